The summed E-state index contributed by atoms with van der Waals surface area (Å²) in [7, 11) is 1.64. The van der Waals surface area contributed by atoms with Crippen LogP contribution in [-0.4, -0.2) is 33.4 Å². The standard InChI is InChI=1S/C22H22N4O3S2/c1-28-12-11-26-21(27)18-15-9-5-6-10-16(15)31-20(18)24-22(26)30-13-17-23-19(25-29-17)14-7-3-2-4-8-14/h2-4,7-8H,5-6,9-13H2,1H3. The summed E-state index contributed by atoms with van der Waals surface area (Å²) in [6.07, 6.45) is 4.32. The number of ether oxygens (including phenoxy) is 1. The summed E-state index contributed by atoms with van der Waals surface area (Å²) < 4.78 is 12.4. The SMILES string of the molecule is COCCn1c(SCc2nc(-c3ccccc3)no2)nc2sc3c(c2c1=O)CCCC3. The number of benzene rings is 1. The first kappa shape index (κ1) is 20.4. The van der Waals surface area contributed by atoms with Crippen molar-refractivity contribution in [3.8, 4) is 11.4 Å². The molecule has 4 aromatic rings. The van der Waals surface area contributed by atoms with Crippen LogP contribution in [0.2, 0.25) is 0 Å². The Morgan fingerprint density at radius 3 is 2.87 bits per heavy atom. The highest BCUT2D eigenvalue weighted by Crippen LogP contribution is 2.35. The van der Waals surface area contributed by atoms with Gasteiger partial charge in [-0.1, -0.05) is 47.3 Å². The molecule has 0 atom stereocenters. The Balaban J connectivity index is 1.46. The molecule has 3 heterocycles. The average molecular weight is 455 g/mol. The number of thiophene rings is 1. The Morgan fingerprint density at radius 2 is 2.03 bits per heavy atom. The van der Waals surface area contributed by atoms with Crippen LogP contribution in [0.5, 0.6) is 0 Å². The summed E-state index contributed by atoms with van der Waals surface area (Å²) in [4.78, 5) is 24.9. The molecule has 9 heteroatoms. The van der Waals surface area contributed by atoms with Gasteiger partial charge in [-0.3, -0.25) is 9.36 Å². The van der Waals surface area contributed by atoms with Crippen molar-refractivity contribution in [3.63, 3.8) is 0 Å². The monoisotopic (exact) mass is 454 g/mol. The van der Waals surface area contributed by atoms with Crippen molar-refractivity contribution in [1.29, 1.82) is 0 Å². The molecule has 0 unspecified atom stereocenters. The quantitative estimate of drug-likeness (QED) is 0.304. The van der Waals surface area contributed by atoms with Crippen LogP contribution in [0.1, 0.15) is 29.2 Å². The van der Waals surface area contributed by atoms with Gasteiger partial charge in [0.15, 0.2) is 5.16 Å². The van der Waals surface area contributed by atoms with Gasteiger partial charge in [0, 0.05) is 17.6 Å². The second-order valence-electron chi connectivity index (χ2n) is 7.40. The van der Waals surface area contributed by atoms with E-state index in [4.69, 9.17) is 14.2 Å². The zero-order valence-electron chi connectivity index (χ0n) is 17.2. The lowest BCUT2D eigenvalue weighted by atomic mass is 9.97. The van der Waals surface area contributed by atoms with Crippen molar-refractivity contribution in [1.82, 2.24) is 19.7 Å². The van der Waals surface area contributed by atoms with Crippen LogP contribution in [0.15, 0.2) is 44.8 Å². The van der Waals surface area contributed by atoms with Crippen molar-refractivity contribution in [2.45, 2.75) is 43.1 Å². The van der Waals surface area contributed by atoms with Crippen molar-refractivity contribution in [2.75, 3.05) is 13.7 Å². The molecule has 1 aromatic carbocycles. The highest BCUT2D eigenvalue weighted by atomic mass is 32.2. The number of aromatic nitrogens is 4. The fourth-order valence-corrected chi connectivity index (χ4v) is 6.02. The molecule has 0 saturated carbocycles. The molecule has 0 spiro atoms. The first-order valence-electron chi connectivity index (χ1n) is 10.3. The summed E-state index contributed by atoms with van der Waals surface area (Å²) >= 11 is 3.10. The number of fused-ring (bicyclic) bond motifs is 3. The minimum absolute atomic E-state index is 0.0273. The molecule has 0 fully saturated rings. The summed E-state index contributed by atoms with van der Waals surface area (Å²) in [6, 6.07) is 9.71. The van der Waals surface area contributed by atoms with Gasteiger partial charge >= 0.3 is 0 Å². The maximum atomic E-state index is 13.4. The molecule has 31 heavy (non-hydrogen) atoms. The van der Waals surface area contributed by atoms with Crippen LogP contribution in [0, 0.1) is 0 Å². The van der Waals surface area contributed by atoms with Crippen LogP contribution in [-0.2, 0) is 29.9 Å². The van der Waals surface area contributed by atoms with E-state index in [-0.39, 0.29) is 5.56 Å². The van der Waals surface area contributed by atoms with Gasteiger partial charge in [-0.05, 0) is 31.2 Å². The molecule has 7 nitrogen and oxygen atoms in total. The molecule has 1 aliphatic carbocycles. The number of methoxy groups -OCH3 is 1. The predicted octanol–water partition coefficient (Wildman–Crippen LogP) is 4.33. The minimum Gasteiger partial charge on any atom is -0.383 e. The highest BCUT2D eigenvalue weighted by Gasteiger charge is 2.22. The Kier molecular flexibility index (Phi) is 5.89. The average Bonchev–Trinajstić information content (AvgIpc) is 3.42. The number of hydrogen-bond acceptors (Lipinski definition) is 8. The van der Waals surface area contributed by atoms with Crippen LogP contribution < -0.4 is 5.56 Å². The topological polar surface area (TPSA) is 83.0 Å². The van der Waals surface area contributed by atoms with Gasteiger partial charge in [-0.25, -0.2) is 4.98 Å². The van der Waals surface area contributed by atoms with Crippen molar-refractivity contribution in [3.05, 3.63) is 57.0 Å². The van der Waals surface area contributed by atoms with Gasteiger partial charge in [0.1, 0.15) is 4.83 Å². The third kappa shape index (κ3) is 4.05. The van der Waals surface area contributed by atoms with E-state index in [2.05, 4.69) is 10.1 Å². The van der Waals surface area contributed by atoms with Crippen LogP contribution in [0.3, 0.4) is 0 Å². The largest absolute Gasteiger partial charge is 0.383 e. The second kappa shape index (κ2) is 8.94. The summed E-state index contributed by atoms with van der Waals surface area (Å²) in [5.74, 6) is 1.50. The molecule has 0 aliphatic heterocycles. The van der Waals surface area contributed by atoms with E-state index in [1.165, 1.54) is 28.6 Å². The Labute approximate surface area is 187 Å². The number of rotatable bonds is 7. The van der Waals surface area contributed by atoms with Gasteiger partial charge < -0.3 is 9.26 Å². The van der Waals surface area contributed by atoms with Crippen molar-refractivity contribution < 1.29 is 9.26 Å². The van der Waals surface area contributed by atoms with Gasteiger partial charge in [0.25, 0.3) is 5.56 Å². The molecule has 0 amide bonds. The molecule has 5 rings (SSSR count). The Bertz CT molecular complexity index is 1260. The van der Waals surface area contributed by atoms with E-state index in [9.17, 15) is 4.79 Å². The van der Waals surface area contributed by atoms with Gasteiger partial charge in [-0.15, -0.1) is 11.3 Å². The Hall–Kier alpha value is -2.49. The lowest BCUT2D eigenvalue weighted by Crippen LogP contribution is -2.25. The molecule has 0 N–H and O–H groups in total. The summed E-state index contributed by atoms with van der Waals surface area (Å²) in [5, 5.41) is 5.53. The maximum absolute atomic E-state index is 13.4. The molecular formula is C22H22N4O3S2. The third-order valence-electron chi connectivity index (χ3n) is 5.38. The minimum atomic E-state index is 0.0273. The first-order valence-corrected chi connectivity index (χ1v) is 12.1. The van der Waals surface area contributed by atoms with E-state index < -0.39 is 0 Å². The number of thioether (sulfide) groups is 1. The van der Waals surface area contributed by atoms with Gasteiger partial charge in [0.05, 0.1) is 24.3 Å². The molecule has 3 aromatic heterocycles. The first-order chi connectivity index (χ1) is 15.2. The van der Waals surface area contributed by atoms with E-state index in [0.29, 0.717) is 35.8 Å². The van der Waals surface area contributed by atoms with Crippen LogP contribution in [0.25, 0.3) is 21.6 Å². The lowest BCUT2D eigenvalue weighted by Gasteiger charge is -2.12. The maximum Gasteiger partial charge on any atom is 0.263 e. The molecule has 0 bridgehead atoms. The summed E-state index contributed by atoms with van der Waals surface area (Å²) in [6.45, 7) is 0.913. The third-order valence-corrected chi connectivity index (χ3v) is 7.53. The van der Waals surface area contributed by atoms with E-state index in [1.807, 2.05) is 30.3 Å². The van der Waals surface area contributed by atoms with Gasteiger partial charge in [0.2, 0.25) is 11.7 Å². The fraction of sp³-hybridized carbons (Fsp3) is 0.364. The molecule has 0 saturated heterocycles. The molecular weight excluding hydrogens is 432 g/mol. The second-order valence-corrected chi connectivity index (χ2v) is 9.43. The predicted molar refractivity (Wildman–Crippen MR) is 122 cm³/mol. The normalized spacial score (nSPS) is 13.6. The Morgan fingerprint density at radius 1 is 1.19 bits per heavy atom. The molecule has 0 radical (unpaired) electrons. The summed E-state index contributed by atoms with van der Waals surface area (Å²) in [5.41, 5.74) is 2.14. The molecule has 1 aliphatic rings. The lowest BCUT2D eigenvalue weighted by molar-refractivity contribution is 0.183. The van der Waals surface area contributed by atoms with E-state index >= 15 is 0 Å². The van der Waals surface area contributed by atoms with Crippen LogP contribution in [0.4, 0.5) is 0 Å². The van der Waals surface area contributed by atoms with Crippen molar-refractivity contribution >= 4 is 33.3 Å². The van der Waals surface area contributed by atoms with E-state index in [1.54, 1.807) is 23.0 Å². The zero-order valence-corrected chi connectivity index (χ0v) is 18.8. The zero-order chi connectivity index (χ0) is 21.2. The number of aryl methyl sites for hydroxylation is 2. The van der Waals surface area contributed by atoms with Crippen molar-refractivity contribution in [2.24, 2.45) is 0 Å². The highest BCUT2D eigenvalue weighted by molar-refractivity contribution is 7.98. The fourth-order valence-electron chi connectivity index (χ4n) is 3.85. The number of hydrogen-bond donors (Lipinski definition) is 0. The van der Waals surface area contributed by atoms with Gasteiger partial charge in [-0.2, -0.15) is 4.98 Å². The number of nitrogens with zero attached hydrogens (tertiary/aromatic N) is 4. The van der Waals surface area contributed by atoms with E-state index in [0.717, 1.165) is 35.0 Å². The smallest absolute Gasteiger partial charge is 0.263 e. The van der Waals surface area contributed by atoms with Crippen LogP contribution >= 0.6 is 23.1 Å². The molecule has 160 valence electrons.